The molecule has 0 aliphatic heterocycles. The van der Waals surface area contributed by atoms with E-state index >= 15 is 0 Å². The Morgan fingerprint density at radius 2 is 1.78 bits per heavy atom. The molecule has 0 atom stereocenters. The molecule has 0 saturated carbocycles. The molecule has 1 aromatic heterocycles. The molecule has 6 heteroatoms. The number of carbonyl (C=O) groups is 1. The Kier molecular flexibility index (Phi) is 3.27. The van der Waals surface area contributed by atoms with E-state index in [9.17, 15) is 18.0 Å². The summed E-state index contributed by atoms with van der Waals surface area (Å²) in [6.45, 7) is 0. The molecule has 3 nitrogen and oxygen atoms in total. The topological polar surface area (TPSA) is 39.2 Å². The lowest BCUT2D eigenvalue weighted by Crippen LogP contribution is -2.11. The number of pyridine rings is 1. The van der Waals surface area contributed by atoms with Crippen LogP contribution in [0.2, 0.25) is 0 Å². The van der Waals surface area contributed by atoms with E-state index in [0.717, 1.165) is 36.5 Å². The number of ether oxygens (including phenoxy) is 1. The van der Waals surface area contributed by atoms with Crippen LogP contribution in [0.1, 0.15) is 10.5 Å². The Morgan fingerprint density at radius 1 is 1.06 bits per heavy atom. The fourth-order valence-electron chi connectivity index (χ4n) is 1.20. The average molecular weight is 253 g/mol. The maximum absolute atomic E-state index is 13.2. The van der Waals surface area contributed by atoms with Gasteiger partial charge in [0.25, 0.3) is 0 Å². The molecule has 0 aliphatic carbocycles. The molecule has 1 heterocycles. The summed E-state index contributed by atoms with van der Waals surface area (Å²) in [5.41, 5.74) is -0.208. The molecule has 0 fully saturated rings. The molecule has 0 bridgehead atoms. The highest BCUT2D eigenvalue weighted by atomic mass is 19.1. The number of carbonyl (C=O) groups excluding carboxylic acids is 1. The van der Waals surface area contributed by atoms with Crippen molar-refractivity contribution < 1.29 is 22.7 Å². The van der Waals surface area contributed by atoms with E-state index in [2.05, 4.69) is 9.72 Å². The van der Waals surface area contributed by atoms with E-state index in [-0.39, 0.29) is 5.69 Å². The minimum absolute atomic E-state index is 0.208. The van der Waals surface area contributed by atoms with Gasteiger partial charge in [-0.25, -0.2) is 22.9 Å². The van der Waals surface area contributed by atoms with Crippen LogP contribution in [0.15, 0.2) is 36.5 Å². The predicted molar refractivity (Wildman–Crippen MR) is 55.5 cm³/mol. The minimum Gasteiger partial charge on any atom is -0.419 e. The van der Waals surface area contributed by atoms with E-state index in [4.69, 9.17) is 0 Å². The van der Waals surface area contributed by atoms with Gasteiger partial charge in [0.2, 0.25) is 0 Å². The SMILES string of the molecule is O=C(Oc1cc(F)ccc1F)c1ccc(F)cn1. The first-order chi connectivity index (χ1) is 8.56. The molecule has 0 saturated heterocycles. The molecule has 0 amide bonds. The van der Waals surface area contributed by atoms with Crippen molar-refractivity contribution in [2.45, 2.75) is 0 Å². The van der Waals surface area contributed by atoms with E-state index in [0.29, 0.717) is 0 Å². The molecule has 0 N–H and O–H groups in total. The standard InChI is InChI=1S/C12H6F3NO2/c13-7-1-3-9(15)11(5-7)18-12(17)10-4-2-8(14)6-16-10/h1-6H. The average Bonchev–Trinajstić information content (AvgIpc) is 2.34. The minimum atomic E-state index is -1.00. The highest BCUT2D eigenvalue weighted by Gasteiger charge is 2.13. The summed E-state index contributed by atoms with van der Waals surface area (Å²) in [7, 11) is 0. The van der Waals surface area contributed by atoms with Gasteiger partial charge in [-0.1, -0.05) is 0 Å². The molecule has 18 heavy (non-hydrogen) atoms. The van der Waals surface area contributed by atoms with Crippen molar-refractivity contribution >= 4 is 5.97 Å². The highest BCUT2D eigenvalue weighted by molar-refractivity contribution is 5.88. The second-order valence-electron chi connectivity index (χ2n) is 3.33. The summed E-state index contributed by atoms with van der Waals surface area (Å²) in [6, 6.07) is 4.54. The third-order valence-corrected chi connectivity index (χ3v) is 2.03. The lowest BCUT2D eigenvalue weighted by atomic mass is 10.3. The normalized spacial score (nSPS) is 10.2. The van der Waals surface area contributed by atoms with Crippen molar-refractivity contribution in [1.82, 2.24) is 4.98 Å². The zero-order chi connectivity index (χ0) is 13.1. The van der Waals surface area contributed by atoms with Crippen molar-refractivity contribution in [2.24, 2.45) is 0 Å². The fourth-order valence-corrected chi connectivity index (χ4v) is 1.20. The third-order valence-electron chi connectivity index (χ3n) is 2.03. The summed E-state index contributed by atoms with van der Waals surface area (Å²) in [6.07, 6.45) is 0.818. The summed E-state index contributed by atoms with van der Waals surface area (Å²) < 4.78 is 43.2. The number of nitrogens with zero attached hydrogens (tertiary/aromatic N) is 1. The lowest BCUT2D eigenvalue weighted by Gasteiger charge is -2.04. The number of esters is 1. The van der Waals surface area contributed by atoms with Gasteiger partial charge >= 0.3 is 5.97 Å². The molecule has 0 radical (unpaired) electrons. The van der Waals surface area contributed by atoms with Crippen LogP contribution in [0.3, 0.4) is 0 Å². The molecule has 0 aliphatic rings. The Bertz CT molecular complexity index is 584. The van der Waals surface area contributed by atoms with Gasteiger partial charge < -0.3 is 4.74 Å². The maximum Gasteiger partial charge on any atom is 0.362 e. The monoisotopic (exact) mass is 253 g/mol. The van der Waals surface area contributed by atoms with Gasteiger partial charge in [0.1, 0.15) is 17.3 Å². The van der Waals surface area contributed by atoms with E-state index in [1.165, 1.54) is 0 Å². The van der Waals surface area contributed by atoms with Crippen LogP contribution in [-0.2, 0) is 0 Å². The van der Waals surface area contributed by atoms with Crippen molar-refractivity contribution in [3.8, 4) is 5.75 Å². The van der Waals surface area contributed by atoms with Crippen LogP contribution in [-0.4, -0.2) is 11.0 Å². The largest absolute Gasteiger partial charge is 0.419 e. The molecule has 92 valence electrons. The van der Waals surface area contributed by atoms with Gasteiger partial charge in [0, 0.05) is 6.07 Å². The quantitative estimate of drug-likeness (QED) is 0.610. The first-order valence-electron chi connectivity index (χ1n) is 4.85. The maximum atomic E-state index is 13.2. The van der Waals surface area contributed by atoms with Gasteiger partial charge in [-0.3, -0.25) is 0 Å². The van der Waals surface area contributed by atoms with E-state index in [1.807, 2.05) is 0 Å². The Morgan fingerprint density at radius 3 is 2.44 bits per heavy atom. The van der Waals surface area contributed by atoms with Crippen LogP contribution in [0.5, 0.6) is 5.75 Å². The summed E-state index contributed by atoms with van der Waals surface area (Å²) in [5.74, 6) is -3.80. The molecular formula is C12H6F3NO2. The van der Waals surface area contributed by atoms with Crippen LogP contribution >= 0.6 is 0 Å². The second-order valence-corrected chi connectivity index (χ2v) is 3.33. The van der Waals surface area contributed by atoms with Gasteiger partial charge in [0.15, 0.2) is 11.6 Å². The zero-order valence-corrected chi connectivity index (χ0v) is 8.86. The number of hydrogen-bond acceptors (Lipinski definition) is 3. The number of benzene rings is 1. The Hall–Kier alpha value is -2.37. The first kappa shape index (κ1) is 12.1. The fraction of sp³-hybridized carbons (Fsp3) is 0. The molecule has 2 rings (SSSR count). The predicted octanol–water partition coefficient (Wildman–Crippen LogP) is 2.72. The van der Waals surface area contributed by atoms with Crippen LogP contribution in [0.4, 0.5) is 13.2 Å². The van der Waals surface area contributed by atoms with Gasteiger partial charge in [0.05, 0.1) is 6.20 Å². The van der Waals surface area contributed by atoms with Crippen LogP contribution in [0.25, 0.3) is 0 Å². The number of hydrogen-bond donors (Lipinski definition) is 0. The molecule has 1 aromatic carbocycles. The third kappa shape index (κ3) is 2.65. The van der Waals surface area contributed by atoms with Gasteiger partial charge in [-0.05, 0) is 24.3 Å². The highest BCUT2D eigenvalue weighted by Crippen LogP contribution is 2.19. The molecule has 0 unspecified atom stereocenters. The zero-order valence-electron chi connectivity index (χ0n) is 8.86. The van der Waals surface area contributed by atoms with Crippen molar-refractivity contribution in [2.75, 3.05) is 0 Å². The van der Waals surface area contributed by atoms with E-state index < -0.39 is 29.2 Å². The molecular weight excluding hydrogens is 247 g/mol. The number of rotatable bonds is 2. The summed E-state index contributed by atoms with van der Waals surface area (Å²) >= 11 is 0. The van der Waals surface area contributed by atoms with Crippen molar-refractivity contribution in [3.63, 3.8) is 0 Å². The summed E-state index contributed by atoms with van der Waals surface area (Å²) in [5, 5.41) is 0. The number of halogens is 3. The Labute approximate surface area is 99.8 Å². The van der Waals surface area contributed by atoms with Crippen molar-refractivity contribution in [1.29, 1.82) is 0 Å². The summed E-state index contributed by atoms with van der Waals surface area (Å²) in [4.78, 5) is 15.0. The molecule has 2 aromatic rings. The molecule has 0 spiro atoms. The smallest absolute Gasteiger partial charge is 0.362 e. The van der Waals surface area contributed by atoms with Crippen molar-refractivity contribution in [3.05, 3.63) is 59.7 Å². The van der Waals surface area contributed by atoms with Gasteiger partial charge in [-0.15, -0.1) is 0 Å². The lowest BCUT2D eigenvalue weighted by molar-refractivity contribution is 0.0721. The first-order valence-corrected chi connectivity index (χ1v) is 4.85. The second kappa shape index (κ2) is 4.87. The number of aromatic nitrogens is 1. The van der Waals surface area contributed by atoms with Gasteiger partial charge in [-0.2, -0.15) is 0 Å². The Balaban J connectivity index is 2.21. The van der Waals surface area contributed by atoms with Crippen LogP contribution < -0.4 is 4.74 Å². The van der Waals surface area contributed by atoms with E-state index in [1.54, 1.807) is 0 Å². The van der Waals surface area contributed by atoms with Crippen LogP contribution in [0, 0.1) is 17.5 Å².